The molecule has 0 aliphatic carbocycles. The van der Waals surface area contributed by atoms with Gasteiger partial charge in [-0.3, -0.25) is 14.9 Å². The molecule has 0 spiro atoms. The van der Waals surface area contributed by atoms with Gasteiger partial charge in [-0.05, 0) is 36.4 Å². The van der Waals surface area contributed by atoms with Crippen LogP contribution in [0.2, 0.25) is 0 Å². The molecule has 1 aliphatic rings. The zero-order valence-corrected chi connectivity index (χ0v) is 19.4. The Labute approximate surface area is 195 Å². The van der Waals surface area contributed by atoms with Crippen LogP contribution in [0.15, 0.2) is 59.8 Å². The van der Waals surface area contributed by atoms with Crippen molar-refractivity contribution in [2.75, 3.05) is 31.1 Å². The van der Waals surface area contributed by atoms with Crippen molar-refractivity contribution in [3.8, 4) is 5.75 Å². The van der Waals surface area contributed by atoms with Crippen molar-refractivity contribution in [1.82, 2.24) is 24.7 Å². The molecule has 1 saturated heterocycles. The molecule has 10 nitrogen and oxygen atoms in total. The number of nitrogens with zero attached hydrogens (tertiary/aromatic N) is 3. The molecule has 1 unspecified atom stereocenters. The number of hydroxylamine groups is 1. The van der Waals surface area contributed by atoms with Gasteiger partial charge in [0.05, 0.1) is 16.6 Å². The number of sulfonamides is 1. The van der Waals surface area contributed by atoms with E-state index in [2.05, 4.69) is 9.82 Å². The van der Waals surface area contributed by atoms with Crippen LogP contribution in [0.3, 0.4) is 0 Å². The molecule has 1 aromatic carbocycles. The van der Waals surface area contributed by atoms with Crippen LogP contribution in [0.25, 0.3) is 5.52 Å². The minimum absolute atomic E-state index is 0.0585. The summed E-state index contributed by atoms with van der Waals surface area (Å²) < 4.78 is 35.5. The van der Waals surface area contributed by atoms with Crippen LogP contribution in [-0.4, -0.2) is 71.2 Å². The maximum Gasteiger partial charge on any atom is 0.262 e. The summed E-state index contributed by atoms with van der Waals surface area (Å²) in [5, 5.41) is 13.3. The number of ether oxygens (including phenoxy) is 1. The number of aromatic nitrogens is 2. The number of rotatable bonds is 9. The lowest BCUT2D eigenvalue weighted by atomic mass is 10.2. The van der Waals surface area contributed by atoms with Gasteiger partial charge in [0.15, 0.2) is 0 Å². The van der Waals surface area contributed by atoms with Crippen LogP contribution < -0.4 is 14.9 Å². The summed E-state index contributed by atoms with van der Waals surface area (Å²) in [5.74, 6) is 1.57. The molecule has 2 aromatic heterocycles. The normalized spacial score (nSPS) is 15.9. The summed E-state index contributed by atoms with van der Waals surface area (Å²) in [4.78, 5) is 14.0. The number of thioether (sulfide) groups is 1. The standard InChI is InChI=1S/C21H25N5O5S2/c27-21(24-28)20(25-9-11-32-12-10-25)14-23-33(29,30)18-6-4-17(5-7-18)31-15-16-13-22-26-8-2-1-3-19(16)26/h1-8,13,20,23,28H,9-12,14-15H2,(H,24,27). The molecule has 4 rings (SSSR count). The average molecular weight is 492 g/mol. The van der Waals surface area contributed by atoms with Gasteiger partial charge in [-0.1, -0.05) is 6.07 Å². The largest absolute Gasteiger partial charge is 0.489 e. The number of nitrogens with one attached hydrogen (secondary N) is 2. The zero-order chi connectivity index (χ0) is 23.3. The summed E-state index contributed by atoms with van der Waals surface area (Å²) in [6.45, 7) is 1.43. The number of carbonyl (C=O) groups is 1. The van der Waals surface area contributed by atoms with Gasteiger partial charge in [0.1, 0.15) is 18.4 Å². The zero-order valence-electron chi connectivity index (χ0n) is 17.8. The number of amides is 1. The van der Waals surface area contributed by atoms with Crippen molar-refractivity contribution in [3.63, 3.8) is 0 Å². The molecule has 12 heteroatoms. The molecule has 3 aromatic rings. The number of hydrogen-bond acceptors (Lipinski definition) is 8. The summed E-state index contributed by atoms with van der Waals surface area (Å²) >= 11 is 1.77. The van der Waals surface area contributed by atoms with Gasteiger partial charge in [0.2, 0.25) is 10.0 Å². The van der Waals surface area contributed by atoms with Gasteiger partial charge in [0, 0.05) is 42.9 Å². The Hall–Kier alpha value is -2.64. The van der Waals surface area contributed by atoms with E-state index in [1.165, 1.54) is 12.1 Å². The van der Waals surface area contributed by atoms with Crippen molar-refractivity contribution >= 4 is 33.2 Å². The van der Waals surface area contributed by atoms with Crippen molar-refractivity contribution in [2.24, 2.45) is 0 Å². The van der Waals surface area contributed by atoms with Crippen LogP contribution in [-0.2, 0) is 21.4 Å². The molecule has 176 valence electrons. The molecule has 3 heterocycles. The monoisotopic (exact) mass is 491 g/mol. The maximum absolute atomic E-state index is 12.8. The number of hydrogen-bond donors (Lipinski definition) is 3. The smallest absolute Gasteiger partial charge is 0.262 e. The summed E-state index contributed by atoms with van der Waals surface area (Å²) in [6, 6.07) is 11.0. The topological polar surface area (TPSA) is 125 Å². The predicted molar refractivity (Wildman–Crippen MR) is 124 cm³/mol. The highest BCUT2D eigenvalue weighted by molar-refractivity contribution is 7.99. The maximum atomic E-state index is 12.8. The molecule has 0 bridgehead atoms. The van der Waals surface area contributed by atoms with Gasteiger partial charge >= 0.3 is 0 Å². The van der Waals surface area contributed by atoms with Crippen LogP contribution in [0, 0.1) is 0 Å². The van der Waals surface area contributed by atoms with E-state index >= 15 is 0 Å². The number of fused-ring (bicyclic) bond motifs is 1. The minimum atomic E-state index is -3.85. The summed E-state index contributed by atoms with van der Waals surface area (Å²) in [6.07, 6.45) is 3.59. The first-order valence-electron chi connectivity index (χ1n) is 10.4. The molecule has 1 atom stereocenters. The van der Waals surface area contributed by atoms with Crippen molar-refractivity contribution < 1.29 is 23.2 Å². The van der Waals surface area contributed by atoms with E-state index in [4.69, 9.17) is 9.94 Å². The lowest BCUT2D eigenvalue weighted by Crippen LogP contribution is -2.54. The predicted octanol–water partition coefficient (Wildman–Crippen LogP) is 1.11. The first-order chi connectivity index (χ1) is 16.0. The Bertz CT molecular complexity index is 1190. The van der Waals surface area contributed by atoms with Crippen molar-refractivity contribution in [1.29, 1.82) is 0 Å². The Morgan fingerprint density at radius 1 is 1.18 bits per heavy atom. The van der Waals surface area contributed by atoms with E-state index in [-0.39, 0.29) is 11.4 Å². The van der Waals surface area contributed by atoms with E-state index < -0.39 is 22.0 Å². The third-order valence-corrected chi connectivity index (χ3v) is 7.78. The summed E-state index contributed by atoms with van der Waals surface area (Å²) in [5.41, 5.74) is 3.49. The third kappa shape index (κ3) is 5.65. The van der Waals surface area contributed by atoms with Crippen LogP contribution in [0.1, 0.15) is 5.56 Å². The average Bonchev–Trinajstić information content (AvgIpc) is 3.26. The fourth-order valence-corrected chi connectivity index (χ4v) is 5.57. The highest BCUT2D eigenvalue weighted by Crippen LogP contribution is 2.19. The van der Waals surface area contributed by atoms with Crippen molar-refractivity contribution in [2.45, 2.75) is 17.5 Å². The van der Waals surface area contributed by atoms with E-state index in [1.807, 2.05) is 29.3 Å². The lowest BCUT2D eigenvalue weighted by molar-refractivity contribution is -0.134. The van der Waals surface area contributed by atoms with Gasteiger partial charge < -0.3 is 4.74 Å². The quantitative estimate of drug-likeness (QED) is 0.300. The molecule has 1 fully saturated rings. The van der Waals surface area contributed by atoms with Crippen molar-refractivity contribution in [3.05, 3.63) is 60.4 Å². The minimum Gasteiger partial charge on any atom is -0.489 e. The second-order valence-electron chi connectivity index (χ2n) is 7.45. The van der Waals surface area contributed by atoms with Gasteiger partial charge in [-0.2, -0.15) is 16.9 Å². The second-order valence-corrected chi connectivity index (χ2v) is 10.4. The molecule has 33 heavy (non-hydrogen) atoms. The summed E-state index contributed by atoms with van der Waals surface area (Å²) in [7, 11) is -3.85. The Balaban J connectivity index is 1.38. The lowest BCUT2D eigenvalue weighted by Gasteiger charge is -2.32. The molecule has 3 N–H and O–H groups in total. The Kier molecular flexibility index (Phi) is 7.50. The van der Waals surface area contributed by atoms with Crippen LogP contribution >= 0.6 is 11.8 Å². The third-order valence-electron chi connectivity index (χ3n) is 5.40. The van der Waals surface area contributed by atoms with E-state index in [0.717, 1.165) is 22.6 Å². The second kappa shape index (κ2) is 10.5. The van der Waals surface area contributed by atoms with Crippen LogP contribution in [0.4, 0.5) is 0 Å². The number of benzene rings is 1. The molecule has 1 aliphatic heterocycles. The highest BCUT2D eigenvalue weighted by Gasteiger charge is 2.29. The highest BCUT2D eigenvalue weighted by atomic mass is 32.2. The van der Waals surface area contributed by atoms with Gasteiger partial charge in [0.25, 0.3) is 5.91 Å². The first-order valence-corrected chi connectivity index (χ1v) is 13.0. The van der Waals surface area contributed by atoms with E-state index in [0.29, 0.717) is 25.4 Å². The Morgan fingerprint density at radius 2 is 1.94 bits per heavy atom. The fourth-order valence-electron chi connectivity index (χ4n) is 3.60. The molecular formula is C21H25N5O5S2. The first kappa shape index (κ1) is 23.5. The number of carbonyl (C=O) groups excluding carboxylic acids is 1. The molecule has 0 radical (unpaired) electrons. The van der Waals surface area contributed by atoms with Crippen LogP contribution in [0.5, 0.6) is 5.75 Å². The van der Waals surface area contributed by atoms with E-state index in [1.54, 1.807) is 40.1 Å². The van der Waals surface area contributed by atoms with Gasteiger partial charge in [-0.15, -0.1) is 0 Å². The van der Waals surface area contributed by atoms with E-state index in [9.17, 15) is 13.2 Å². The molecule has 1 amide bonds. The number of pyridine rings is 1. The fraction of sp³-hybridized carbons (Fsp3) is 0.333. The molecule has 0 saturated carbocycles. The van der Waals surface area contributed by atoms with Gasteiger partial charge in [-0.25, -0.2) is 23.1 Å². The molecular weight excluding hydrogens is 466 g/mol. The Morgan fingerprint density at radius 3 is 2.67 bits per heavy atom. The SMILES string of the molecule is O=C(NO)C(CNS(=O)(=O)c1ccc(OCc2cnn3ccccc23)cc1)N1CCSCC1.